The Hall–Kier alpha value is -3.11. The number of hydrogen-bond donors (Lipinski definition) is 11. The maximum absolute atomic E-state index is 13.2. The minimum absolute atomic E-state index is 0.116. The molecule has 1 heterocycles. The number of nitrogens with zero attached hydrogens (tertiary/aromatic N) is 1. The number of aldehydes is 1. The Bertz CT molecular complexity index is 1030. The van der Waals surface area contributed by atoms with Crippen LogP contribution >= 0.6 is 0 Å². The van der Waals surface area contributed by atoms with Gasteiger partial charge in [-0.3, -0.25) is 34.1 Å². The molecule has 0 aromatic rings. The molecule has 44 heavy (non-hydrogen) atoms. The second-order valence-corrected chi connectivity index (χ2v) is 10.5. The third kappa shape index (κ3) is 12.5. The van der Waals surface area contributed by atoms with Crippen LogP contribution in [0.1, 0.15) is 46.0 Å². The van der Waals surface area contributed by atoms with Crippen LogP contribution in [0.3, 0.4) is 0 Å². The SMILES string of the molecule is CC(NN1CCC[C@H]1C(=O)C(=O)[C@H](CO)NN[C@@H](CCCNC(N)N)C(=O)N[C@H](C=O)[C@@H](C)O)C(=O)C(=O)[C@@H](N)CC(=O)O. The minimum Gasteiger partial charge on any atom is -0.481 e. The number of carboxylic acid groups (broad SMARTS) is 1. The fraction of sp³-hybridized carbons (Fsp3) is 0.720. The summed E-state index contributed by atoms with van der Waals surface area (Å²) in [6.07, 6.45) is -1.24. The third-order valence-electron chi connectivity index (χ3n) is 6.80. The molecule has 14 N–H and O–H groups in total. The van der Waals surface area contributed by atoms with Gasteiger partial charge in [0.1, 0.15) is 24.7 Å². The molecule has 1 amide bonds. The van der Waals surface area contributed by atoms with Crippen LogP contribution in [0.2, 0.25) is 0 Å². The molecular formula is C25H45N9O10. The van der Waals surface area contributed by atoms with Crippen LogP contribution in [0.5, 0.6) is 0 Å². The van der Waals surface area contributed by atoms with E-state index in [1.54, 1.807) is 0 Å². The number of rotatable bonds is 23. The van der Waals surface area contributed by atoms with Crippen molar-refractivity contribution in [3.05, 3.63) is 0 Å². The Morgan fingerprint density at radius 1 is 1.00 bits per heavy atom. The first kappa shape index (κ1) is 38.9. The Balaban J connectivity index is 2.90. The van der Waals surface area contributed by atoms with Gasteiger partial charge in [-0.1, -0.05) is 0 Å². The van der Waals surface area contributed by atoms with E-state index >= 15 is 0 Å². The van der Waals surface area contributed by atoms with Crippen molar-refractivity contribution in [1.29, 1.82) is 0 Å². The van der Waals surface area contributed by atoms with Crippen LogP contribution in [0.15, 0.2) is 0 Å². The first-order valence-corrected chi connectivity index (χ1v) is 14.1. The molecule has 19 heteroatoms. The molecule has 0 aromatic carbocycles. The van der Waals surface area contributed by atoms with E-state index in [0.717, 1.165) is 0 Å². The van der Waals surface area contributed by atoms with E-state index in [-0.39, 0.29) is 19.4 Å². The molecule has 1 fully saturated rings. The Morgan fingerprint density at radius 3 is 2.18 bits per heavy atom. The summed E-state index contributed by atoms with van der Waals surface area (Å²) < 4.78 is 0. The van der Waals surface area contributed by atoms with Gasteiger partial charge in [-0.15, -0.1) is 0 Å². The third-order valence-corrected chi connectivity index (χ3v) is 6.80. The number of nitrogens with one attached hydrogen (secondary N) is 5. The fourth-order valence-electron chi connectivity index (χ4n) is 4.29. The Labute approximate surface area is 253 Å². The van der Waals surface area contributed by atoms with Gasteiger partial charge in [0, 0.05) is 6.54 Å². The van der Waals surface area contributed by atoms with Gasteiger partial charge in [0.25, 0.3) is 0 Å². The Morgan fingerprint density at radius 2 is 1.64 bits per heavy atom. The average Bonchev–Trinajstić information content (AvgIpc) is 3.42. The van der Waals surface area contributed by atoms with Crippen molar-refractivity contribution in [3.63, 3.8) is 0 Å². The molecule has 0 aliphatic carbocycles. The summed E-state index contributed by atoms with van der Waals surface area (Å²) in [6, 6.07) is -7.57. The molecule has 0 bridgehead atoms. The normalized spacial score (nSPS) is 19.4. The summed E-state index contributed by atoms with van der Waals surface area (Å²) in [4.78, 5) is 85.8. The number of hydrogen-bond acceptors (Lipinski definition) is 17. The monoisotopic (exact) mass is 631 g/mol. The highest BCUT2D eigenvalue weighted by Crippen LogP contribution is 2.17. The maximum atomic E-state index is 13.2. The lowest BCUT2D eigenvalue weighted by Crippen LogP contribution is -2.60. The highest BCUT2D eigenvalue weighted by molar-refractivity contribution is 6.41. The predicted octanol–water partition coefficient (Wildman–Crippen LogP) is -6.12. The molecular weight excluding hydrogens is 586 g/mol. The molecule has 1 rings (SSSR count). The van der Waals surface area contributed by atoms with Crippen molar-refractivity contribution in [2.75, 3.05) is 19.7 Å². The summed E-state index contributed by atoms with van der Waals surface area (Å²) in [5, 5.41) is 34.8. The molecule has 1 saturated heterocycles. The molecule has 0 aromatic heterocycles. The number of carbonyl (C=O) groups excluding carboxylic acids is 6. The summed E-state index contributed by atoms with van der Waals surface area (Å²) in [5.74, 6) is -6.13. The smallest absolute Gasteiger partial charge is 0.305 e. The van der Waals surface area contributed by atoms with Gasteiger partial charge >= 0.3 is 5.97 Å². The molecule has 0 spiro atoms. The molecule has 1 aliphatic rings. The lowest BCUT2D eigenvalue weighted by molar-refractivity contribution is -0.144. The number of aliphatic hydroxyl groups is 2. The maximum Gasteiger partial charge on any atom is 0.305 e. The Kier molecular flexibility index (Phi) is 17.1. The van der Waals surface area contributed by atoms with Gasteiger partial charge < -0.3 is 42.6 Å². The molecule has 19 nitrogen and oxygen atoms in total. The highest BCUT2D eigenvalue weighted by atomic mass is 16.4. The van der Waals surface area contributed by atoms with Gasteiger partial charge in [-0.05, 0) is 46.1 Å². The summed E-state index contributed by atoms with van der Waals surface area (Å²) in [6.45, 7) is 2.33. The van der Waals surface area contributed by atoms with Crippen molar-refractivity contribution >= 4 is 41.3 Å². The second kappa shape index (κ2) is 19.3. The number of carboxylic acids is 1. The minimum atomic E-state index is -1.54. The highest BCUT2D eigenvalue weighted by Gasteiger charge is 2.39. The molecule has 1 unspecified atom stereocenters. The second-order valence-electron chi connectivity index (χ2n) is 10.5. The van der Waals surface area contributed by atoms with Crippen LogP contribution in [0, 0.1) is 0 Å². The molecule has 250 valence electrons. The van der Waals surface area contributed by atoms with E-state index in [4.69, 9.17) is 22.3 Å². The van der Waals surface area contributed by atoms with Gasteiger partial charge in [-0.25, -0.2) is 21.3 Å². The zero-order valence-corrected chi connectivity index (χ0v) is 24.7. The van der Waals surface area contributed by atoms with E-state index in [1.165, 1.54) is 18.9 Å². The first-order valence-electron chi connectivity index (χ1n) is 14.1. The van der Waals surface area contributed by atoms with Crippen LogP contribution in [-0.4, -0.2) is 130 Å². The van der Waals surface area contributed by atoms with Gasteiger partial charge in [-0.2, -0.15) is 0 Å². The van der Waals surface area contributed by atoms with Crippen molar-refractivity contribution in [2.45, 2.75) is 94.6 Å². The molecule has 0 radical (unpaired) electrons. The average molecular weight is 632 g/mol. The summed E-state index contributed by atoms with van der Waals surface area (Å²) in [7, 11) is 0. The van der Waals surface area contributed by atoms with E-state index in [1.807, 2.05) is 0 Å². The van der Waals surface area contributed by atoms with E-state index < -0.39 is 96.7 Å². The van der Waals surface area contributed by atoms with E-state index in [9.17, 15) is 43.8 Å². The largest absolute Gasteiger partial charge is 0.481 e. The molecule has 0 saturated carbocycles. The summed E-state index contributed by atoms with van der Waals surface area (Å²) in [5.41, 5.74) is 24.2. The van der Waals surface area contributed by atoms with Crippen molar-refractivity contribution < 1.29 is 48.9 Å². The van der Waals surface area contributed by atoms with Crippen molar-refractivity contribution in [3.8, 4) is 0 Å². The van der Waals surface area contributed by atoms with Gasteiger partial charge in [0.15, 0.2) is 0 Å². The quantitative estimate of drug-likeness (QED) is 0.0164. The summed E-state index contributed by atoms with van der Waals surface area (Å²) >= 11 is 0. The number of Topliss-reactive ketones (excluding diaryl/α,β-unsaturated/α-hetero) is 4. The van der Waals surface area contributed by atoms with Crippen molar-refractivity contribution in [2.24, 2.45) is 17.2 Å². The van der Waals surface area contributed by atoms with Crippen LogP contribution in [0.25, 0.3) is 0 Å². The molecule has 7 atom stereocenters. The fourth-order valence-corrected chi connectivity index (χ4v) is 4.29. The zero-order chi connectivity index (χ0) is 33.6. The first-order chi connectivity index (χ1) is 20.6. The van der Waals surface area contributed by atoms with E-state index in [0.29, 0.717) is 25.7 Å². The van der Waals surface area contributed by atoms with Gasteiger partial charge in [0.2, 0.25) is 29.0 Å². The number of aliphatic carboxylic acids is 1. The lowest BCUT2D eigenvalue weighted by atomic mass is 10.0. The van der Waals surface area contributed by atoms with Crippen LogP contribution in [0.4, 0.5) is 0 Å². The number of nitrogens with two attached hydrogens (primary N) is 3. The topological polar surface area (TPSA) is 322 Å². The number of amides is 1. The number of hydrazine groups is 2. The standard InChI is InChI=1S/C25H45N9O10/c1-12(20(40)21(41)14(26)9-19(38)39)33-34-8-4-6-18(34)23(43)22(42)17(11-36)32-31-15(5-3-7-29-25(27)28)24(44)30-16(10-35)13(2)37/h10,12-18,25,29,31-33,36-37H,3-9,11,26-28H2,1-2H3,(H,30,44)(H,38,39)/t12?,13-,14+,15+,16-,17+,18+/m1/s1. The zero-order valence-electron chi connectivity index (χ0n) is 24.7. The van der Waals surface area contributed by atoms with E-state index in [2.05, 4.69) is 26.9 Å². The lowest BCUT2D eigenvalue weighted by Gasteiger charge is -2.28. The van der Waals surface area contributed by atoms with Crippen molar-refractivity contribution in [1.82, 2.24) is 31.9 Å². The number of aliphatic hydroxyl groups excluding tert-OH is 2. The van der Waals surface area contributed by atoms with Crippen LogP contribution < -0.4 is 44.1 Å². The molecule has 1 aliphatic heterocycles. The van der Waals surface area contributed by atoms with Gasteiger partial charge in [0.05, 0.1) is 43.3 Å². The number of ketones is 4. The number of carbonyl (C=O) groups is 7. The predicted molar refractivity (Wildman–Crippen MR) is 153 cm³/mol. The van der Waals surface area contributed by atoms with Crippen LogP contribution in [-0.2, 0) is 33.6 Å².